The Morgan fingerprint density at radius 1 is 0.417 bits per heavy atom. The molecule has 0 fully saturated rings. The van der Waals surface area contributed by atoms with Crippen LogP contribution in [-0.2, 0) is 0 Å². The van der Waals surface area contributed by atoms with Crippen LogP contribution in [0.1, 0.15) is 83.1 Å². The summed E-state index contributed by atoms with van der Waals surface area (Å²) in [6.45, 7) is 29.4. The van der Waals surface area contributed by atoms with Crippen LogP contribution >= 0.6 is 0 Å². The van der Waals surface area contributed by atoms with E-state index in [0.29, 0.717) is 0 Å². The van der Waals surface area contributed by atoms with Gasteiger partial charge in [0, 0.05) is 12.1 Å². The van der Waals surface area contributed by atoms with Crippen molar-refractivity contribution in [2.45, 2.75) is 128 Å². The van der Waals surface area contributed by atoms with E-state index in [1.807, 2.05) is 0 Å². The topological polar surface area (TPSA) is 0 Å². The average molecular weight is 367 g/mol. The van der Waals surface area contributed by atoms with Crippen molar-refractivity contribution in [1.82, 2.24) is 0 Å². The molecule has 0 bridgehead atoms. The molecule has 0 saturated heterocycles. The monoisotopic (exact) mass is 366 g/mol. The predicted molar refractivity (Wildman–Crippen MR) is 119 cm³/mol. The number of rotatable bonds is 8. The van der Waals surface area contributed by atoms with Crippen LogP contribution in [0, 0.1) is 11.8 Å². The predicted octanol–water partition coefficient (Wildman–Crippen LogP) is 8.35. The van der Waals surface area contributed by atoms with Gasteiger partial charge in [-0.3, -0.25) is 0 Å². The third-order valence-electron chi connectivity index (χ3n) is 7.36. The summed E-state index contributed by atoms with van der Waals surface area (Å²) in [5.74, 6) is 7.47. The molecule has 0 aliphatic rings. The Balaban J connectivity index is 5.50. The van der Waals surface area contributed by atoms with Crippen LogP contribution in [0.4, 0.5) is 0 Å². The molecular weight excluding hydrogens is 320 g/mol. The fourth-order valence-electron chi connectivity index (χ4n) is 5.66. The summed E-state index contributed by atoms with van der Waals surface area (Å²) in [5.41, 5.74) is 4.88. The molecule has 0 aromatic heterocycles. The second kappa shape index (κ2) is 9.63. The Morgan fingerprint density at radius 3 is 0.708 bits per heavy atom. The first-order valence-corrected chi connectivity index (χ1v) is 15.2. The van der Waals surface area contributed by atoms with E-state index < -0.39 is 16.1 Å². The van der Waals surface area contributed by atoms with Crippen molar-refractivity contribution in [1.29, 1.82) is 0 Å². The van der Waals surface area contributed by atoms with Gasteiger partial charge in [-0.25, -0.2) is 0 Å². The Kier molecular flexibility index (Phi) is 9.62. The molecule has 0 spiro atoms. The summed E-state index contributed by atoms with van der Waals surface area (Å²) in [6.07, 6.45) is 0. The summed E-state index contributed by atoms with van der Waals surface area (Å²) in [5, 5.41) is 0. The molecule has 0 N–H and O–H groups in total. The van der Waals surface area contributed by atoms with Crippen molar-refractivity contribution in [2.24, 2.45) is 0 Å². The zero-order chi connectivity index (χ0) is 19.3. The molecule has 24 heavy (non-hydrogen) atoms. The summed E-state index contributed by atoms with van der Waals surface area (Å²) in [7, 11) is -2.73. The maximum absolute atomic E-state index is 3.74. The van der Waals surface area contributed by atoms with Crippen LogP contribution < -0.4 is 0 Å². The highest BCUT2D eigenvalue weighted by Crippen LogP contribution is 2.45. The molecule has 2 heteroatoms. The first kappa shape index (κ1) is 24.0. The van der Waals surface area contributed by atoms with Gasteiger partial charge in [0.25, 0.3) is 0 Å². The van der Waals surface area contributed by atoms with Crippen LogP contribution in [0.5, 0.6) is 0 Å². The minimum atomic E-state index is -1.36. The molecule has 0 unspecified atom stereocenters. The summed E-state index contributed by atoms with van der Waals surface area (Å²) in [6, 6.07) is 2.39. The van der Waals surface area contributed by atoms with E-state index in [2.05, 4.69) is 94.9 Å². The molecule has 142 valence electrons. The van der Waals surface area contributed by atoms with E-state index in [1.54, 1.807) is 0 Å². The van der Waals surface area contributed by atoms with E-state index in [1.165, 1.54) is 12.1 Å². The van der Waals surface area contributed by atoms with Gasteiger partial charge in [0.05, 0.1) is 16.1 Å². The molecule has 0 aromatic carbocycles. The zero-order valence-corrected chi connectivity index (χ0v) is 20.9. The van der Waals surface area contributed by atoms with Gasteiger partial charge >= 0.3 is 0 Å². The van der Waals surface area contributed by atoms with E-state index in [-0.39, 0.29) is 0 Å². The Morgan fingerprint density at radius 2 is 0.583 bits per heavy atom. The minimum absolute atomic E-state index is 0.814. The van der Waals surface area contributed by atoms with Gasteiger partial charge < -0.3 is 0 Å². The van der Waals surface area contributed by atoms with Gasteiger partial charge in [-0.15, -0.1) is 11.8 Å². The molecule has 0 aliphatic heterocycles. The van der Waals surface area contributed by atoms with Crippen LogP contribution in [-0.4, -0.2) is 16.1 Å². The Labute approximate surface area is 156 Å². The van der Waals surface area contributed by atoms with Crippen molar-refractivity contribution in [3.8, 4) is 11.8 Å². The van der Waals surface area contributed by atoms with Crippen molar-refractivity contribution >= 4 is 16.1 Å². The highest BCUT2D eigenvalue weighted by atomic mass is 28.3. The van der Waals surface area contributed by atoms with Gasteiger partial charge in [-0.1, -0.05) is 83.1 Å². The second-order valence-electron chi connectivity index (χ2n) is 9.86. The lowest BCUT2D eigenvalue weighted by molar-refractivity contribution is 0.811. The van der Waals surface area contributed by atoms with E-state index in [4.69, 9.17) is 0 Å². The van der Waals surface area contributed by atoms with Gasteiger partial charge in [-0.2, -0.15) is 0 Å². The first-order chi connectivity index (χ1) is 10.9. The molecule has 0 heterocycles. The highest BCUT2D eigenvalue weighted by Gasteiger charge is 2.43. The Hall–Kier alpha value is -0.00623. The molecule has 0 nitrogen and oxygen atoms in total. The van der Waals surface area contributed by atoms with E-state index in [9.17, 15) is 0 Å². The van der Waals surface area contributed by atoms with Crippen molar-refractivity contribution in [2.75, 3.05) is 0 Å². The van der Waals surface area contributed by atoms with Crippen molar-refractivity contribution in [3.05, 3.63) is 0 Å². The van der Waals surface area contributed by atoms with Crippen molar-refractivity contribution in [3.63, 3.8) is 0 Å². The molecule has 0 aliphatic carbocycles. The lowest BCUT2D eigenvalue weighted by Crippen LogP contribution is -2.44. The second-order valence-corrected chi connectivity index (χ2v) is 21.9. The summed E-state index contributed by atoms with van der Waals surface area (Å²) < 4.78 is 0. The van der Waals surface area contributed by atoms with Crippen LogP contribution in [0.15, 0.2) is 0 Å². The normalized spacial score (nSPS) is 13.6. The molecule has 0 rings (SSSR count). The molecular formula is C22H46Si2. The molecule has 0 saturated carbocycles. The van der Waals surface area contributed by atoms with E-state index in [0.717, 1.165) is 33.2 Å². The maximum Gasteiger partial charge on any atom is 0.0740 e. The largest absolute Gasteiger partial charge is 0.107 e. The van der Waals surface area contributed by atoms with Crippen LogP contribution in [0.25, 0.3) is 0 Å². The lowest BCUT2D eigenvalue weighted by atomic mass is 10.5. The summed E-state index contributed by atoms with van der Waals surface area (Å²) in [4.78, 5) is 0. The smallest absolute Gasteiger partial charge is 0.0740 e. The van der Waals surface area contributed by atoms with Crippen LogP contribution in [0.3, 0.4) is 0 Å². The van der Waals surface area contributed by atoms with E-state index >= 15 is 0 Å². The summed E-state index contributed by atoms with van der Waals surface area (Å²) >= 11 is 0. The fourth-order valence-corrected chi connectivity index (χ4v) is 17.0. The molecule has 0 atom stereocenters. The quantitative estimate of drug-likeness (QED) is 0.299. The van der Waals surface area contributed by atoms with Gasteiger partial charge in [0.15, 0.2) is 0 Å². The third-order valence-corrected chi connectivity index (χ3v) is 21.8. The number of hydrogen-bond acceptors (Lipinski definition) is 0. The maximum atomic E-state index is 3.74. The lowest BCUT2D eigenvalue weighted by Gasteiger charge is -2.42. The van der Waals surface area contributed by atoms with Crippen molar-refractivity contribution < 1.29 is 0 Å². The highest BCUT2D eigenvalue weighted by molar-refractivity contribution is 6.84. The standard InChI is InChI=1S/C22H46Si2/c1-17(2)23(18(3)4,19(5)6)15-13-14-16-24(20(7)8,21(9)10)22(11)12/h17-22H,15-16H2,1-12H3. The fraction of sp³-hybridized carbons (Fsp3) is 0.909. The van der Waals surface area contributed by atoms with Crippen LogP contribution in [0.2, 0.25) is 45.3 Å². The molecule has 0 radical (unpaired) electrons. The molecule has 0 aromatic rings. The zero-order valence-electron chi connectivity index (χ0n) is 18.9. The molecule has 0 amide bonds. The third kappa shape index (κ3) is 4.79. The first-order valence-electron chi connectivity index (χ1n) is 10.3. The Bertz CT molecular complexity index is 337. The SMILES string of the molecule is CC(C)[Si](CC#CC[Si](C(C)C)(C(C)C)C(C)C)(C(C)C)C(C)C. The van der Waals surface area contributed by atoms with Gasteiger partial charge in [0.1, 0.15) is 0 Å². The number of hydrogen-bond donors (Lipinski definition) is 0. The van der Waals surface area contributed by atoms with Gasteiger partial charge in [0.2, 0.25) is 0 Å². The minimum Gasteiger partial charge on any atom is -0.107 e. The average Bonchev–Trinajstić information content (AvgIpc) is 2.40. The van der Waals surface area contributed by atoms with Gasteiger partial charge in [-0.05, 0) is 33.2 Å².